The van der Waals surface area contributed by atoms with Crippen LogP contribution < -0.4 is 4.90 Å². The van der Waals surface area contributed by atoms with Crippen LogP contribution in [-0.4, -0.2) is 41.0 Å². The molecule has 0 radical (unpaired) electrons. The van der Waals surface area contributed by atoms with Crippen molar-refractivity contribution in [1.82, 2.24) is 9.97 Å². The van der Waals surface area contributed by atoms with Gasteiger partial charge in [0.15, 0.2) is 0 Å². The second-order valence-electron chi connectivity index (χ2n) is 8.15. The molecule has 3 aromatic rings. The molecule has 0 amide bonds. The SMILES string of the molecule is C[C@@H]1CN(c2cc(C3=NCc4ccc(-c5cccc(C#N)c5)cc43)ncn2)C[C@H](C)O1. The van der Waals surface area contributed by atoms with E-state index in [0.717, 1.165) is 47.0 Å². The minimum atomic E-state index is 0.165. The number of fused-ring (bicyclic) bond motifs is 1. The first kappa shape index (κ1) is 19.4. The smallest absolute Gasteiger partial charge is 0.132 e. The fraction of sp³-hybridized carbons (Fsp3) is 0.280. The quantitative estimate of drug-likeness (QED) is 0.654. The second kappa shape index (κ2) is 7.93. The Bertz CT molecular complexity index is 1200. The normalized spacial score (nSPS) is 20.2. The summed E-state index contributed by atoms with van der Waals surface area (Å²) in [5.74, 6) is 0.904. The Hall–Kier alpha value is -3.56. The predicted molar refractivity (Wildman–Crippen MR) is 120 cm³/mol. The average molecular weight is 409 g/mol. The molecule has 31 heavy (non-hydrogen) atoms. The third-order valence-electron chi connectivity index (χ3n) is 5.74. The Labute approximate surface area is 181 Å². The number of aliphatic imine (C=N–C) groups is 1. The second-order valence-corrected chi connectivity index (χ2v) is 8.15. The van der Waals surface area contributed by atoms with Gasteiger partial charge in [0, 0.05) is 24.7 Å². The zero-order valence-corrected chi connectivity index (χ0v) is 17.6. The van der Waals surface area contributed by atoms with Crippen LogP contribution in [0.1, 0.15) is 36.2 Å². The lowest BCUT2D eigenvalue weighted by atomic mass is 9.96. The molecule has 2 aromatic carbocycles. The lowest BCUT2D eigenvalue weighted by Crippen LogP contribution is -2.45. The van der Waals surface area contributed by atoms with Gasteiger partial charge in [0.25, 0.3) is 0 Å². The van der Waals surface area contributed by atoms with Crippen LogP contribution >= 0.6 is 0 Å². The molecule has 0 bridgehead atoms. The summed E-state index contributed by atoms with van der Waals surface area (Å²) in [7, 11) is 0. The topological polar surface area (TPSA) is 74.4 Å². The standard InChI is InChI=1S/C25H23N5O/c1-16-13-30(14-17(2)31-16)24-10-23(28-15-29-24)25-22-9-20(6-7-21(22)12-27-25)19-5-3-4-18(8-19)11-26/h3-10,15-17H,12-14H2,1-2H3/t16-,17+. The van der Waals surface area contributed by atoms with E-state index in [0.29, 0.717) is 12.1 Å². The van der Waals surface area contributed by atoms with Gasteiger partial charge >= 0.3 is 0 Å². The van der Waals surface area contributed by atoms with Gasteiger partial charge in [-0.05, 0) is 48.7 Å². The number of rotatable bonds is 3. The highest BCUT2D eigenvalue weighted by Gasteiger charge is 2.25. The molecule has 2 atom stereocenters. The Kier molecular flexibility index (Phi) is 4.97. The minimum Gasteiger partial charge on any atom is -0.372 e. The van der Waals surface area contributed by atoms with E-state index in [1.165, 1.54) is 5.56 Å². The Morgan fingerprint density at radius 2 is 1.81 bits per heavy atom. The lowest BCUT2D eigenvalue weighted by molar-refractivity contribution is -0.00546. The van der Waals surface area contributed by atoms with Crippen LogP contribution in [-0.2, 0) is 11.3 Å². The number of benzene rings is 2. The summed E-state index contributed by atoms with van der Waals surface area (Å²) in [6.45, 7) is 6.44. The molecule has 0 unspecified atom stereocenters. The van der Waals surface area contributed by atoms with E-state index in [-0.39, 0.29) is 12.2 Å². The van der Waals surface area contributed by atoms with Crippen molar-refractivity contribution >= 4 is 11.5 Å². The molecule has 6 nitrogen and oxygen atoms in total. The van der Waals surface area contributed by atoms with Gasteiger partial charge in [-0.15, -0.1) is 0 Å². The van der Waals surface area contributed by atoms with Gasteiger partial charge in [0.1, 0.15) is 12.1 Å². The molecule has 3 heterocycles. The average Bonchev–Trinajstić information content (AvgIpc) is 3.22. The van der Waals surface area contributed by atoms with Crippen molar-refractivity contribution in [2.45, 2.75) is 32.6 Å². The number of hydrogen-bond donors (Lipinski definition) is 0. The van der Waals surface area contributed by atoms with Gasteiger partial charge < -0.3 is 9.64 Å². The number of anilines is 1. The monoisotopic (exact) mass is 409 g/mol. The number of nitrogens with zero attached hydrogens (tertiary/aromatic N) is 5. The summed E-state index contributed by atoms with van der Waals surface area (Å²) < 4.78 is 5.86. The van der Waals surface area contributed by atoms with Gasteiger partial charge in [0.2, 0.25) is 0 Å². The van der Waals surface area contributed by atoms with Crippen LogP contribution in [0.15, 0.2) is 59.9 Å². The van der Waals surface area contributed by atoms with E-state index in [2.05, 4.69) is 53.0 Å². The van der Waals surface area contributed by atoms with Crippen LogP contribution in [0.3, 0.4) is 0 Å². The van der Waals surface area contributed by atoms with Crippen molar-refractivity contribution in [3.05, 3.63) is 77.2 Å². The number of hydrogen-bond acceptors (Lipinski definition) is 6. The maximum Gasteiger partial charge on any atom is 0.132 e. The molecule has 2 aliphatic rings. The van der Waals surface area contributed by atoms with Crippen LogP contribution in [0.2, 0.25) is 0 Å². The van der Waals surface area contributed by atoms with Crippen LogP contribution in [0.4, 0.5) is 5.82 Å². The highest BCUT2D eigenvalue weighted by atomic mass is 16.5. The van der Waals surface area contributed by atoms with Crippen LogP contribution in [0.25, 0.3) is 11.1 Å². The van der Waals surface area contributed by atoms with Crippen molar-refractivity contribution in [2.24, 2.45) is 4.99 Å². The summed E-state index contributed by atoms with van der Waals surface area (Å²) in [4.78, 5) is 16.1. The molecule has 154 valence electrons. The van der Waals surface area contributed by atoms with Crippen molar-refractivity contribution in [1.29, 1.82) is 5.26 Å². The fourth-order valence-corrected chi connectivity index (χ4v) is 4.37. The maximum absolute atomic E-state index is 9.23. The number of morpholine rings is 1. The third kappa shape index (κ3) is 3.80. The van der Waals surface area contributed by atoms with Crippen molar-refractivity contribution in [3.8, 4) is 17.2 Å². The third-order valence-corrected chi connectivity index (χ3v) is 5.74. The fourth-order valence-electron chi connectivity index (χ4n) is 4.37. The molecule has 6 heteroatoms. The van der Waals surface area contributed by atoms with Gasteiger partial charge in [0.05, 0.1) is 41.8 Å². The number of ether oxygens (including phenoxy) is 1. The molecule has 1 saturated heterocycles. The van der Waals surface area contributed by atoms with E-state index >= 15 is 0 Å². The van der Waals surface area contributed by atoms with Crippen LogP contribution in [0.5, 0.6) is 0 Å². The molecule has 0 spiro atoms. The van der Waals surface area contributed by atoms with E-state index in [1.54, 1.807) is 6.33 Å². The Balaban J connectivity index is 1.48. The highest BCUT2D eigenvalue weighted by Crippen LogP contribution is 2.29. The van der Waals surface area contributed by atoms with Gasteiger partial charge in [-0.25, -0.2) is 9.97 Å². The first-order valence-corrected chi connectivity index (χ1v) is 10.5. The minimum absolute atomic E-state index is 0.165. The summed E-state index contributed by atoms with van der Waals surface area (Å²) >= 11 is 0. The number of nitriles is 1. The van der Waals surface area contributed by atoms with Crippen LogP contribution in [0, 0.1) is 11.3 Å². The van der Waals surface area contributed by atoms with Crippen molar-refractivity contribution < 1.29 is 4.74 Å². The van der Waals surface area contributed by atoms with Crippen molar-refractivity contribution in [3.63, 3.8) is 0 Å². The summed E-state index contributed by atoms with van der Waals surface area (Å²) in [5, 5.41) is 9.23. The molecule has 0 saturated carbocycles. The van der Waals surface area contributed by atoms with Crippen molar-refractivity contribution in [2.75, 3.05) is 18.0 Å². The molecule has 0 aliphatic carbocycles. The summed E-state index contributed by atoms with van der Waals surface area (Å²) in [6, 6.07) is 18.3. The van der Waals surface area contributed by atoms with Gasteiger partial charge in [-0.2, -0.15) is 5.26 Å². The first-order chi connectivity index (χ1) is 15.1. The van der Waals surface area contributed by atoms with E-state index < -0.39 is 0 Å². The molecule has 5 rings (SSSR count). The Morgan fingerprint density at radius 3 is 2.61 bits per heavy atom. The highest BCUT2D eigenvalue weighted by molar-refractivity contribution is 6.14. The zero-order chi connectivity index (χ0) is 21.4. The summed E-state index contributed by atoms with van der Waals surface area (Å²) in [6.07, 6.45) is 1.95. The lowest BCUT2D eigenvalue weighted by Gasteiger charge is -2.36. The van der Waals surface area contributed by atoms with E-state index in [1.807, 2.05) is 30.3 Å². The molecule has 2 aliphatic heterocycles. The molecule has 0 N–H and O–H groups in total. The molecular formula is C25H23N5O. The molecular weight excluding hydrogens is 386 g/mol. The Morgan fingerprint density at radius 1 is 1.00 bits per heavy atom. The van der Waals surface area contributed by atoms with Gasteiger partial charge in [-0.3, -0.25) is 4.99 Å². The molecule has 1 aromatic heterocycles. The number of aromatic nitrogens is 2. The summed E-state index contributed by atoms with van der Waals surface area (Å²) in [5.41, 5.74) is 6.74. The largest absolute Gasteiger partial charge is 0.372 e. The molecule has 1 fully saturated rings. The first-order valence-electron chi connectivity index (χ1n) is 10.5. The zero-order valence-electron chi connectivity index (χ0n) is 17.6. The maximum atomic E-state index is 9.23. The predicted octanol–water partition coefficient (Wildman–Crippen LogP) is 3.98. The van der Waals surface area contributed by atoms with E-state index in [4.69, 9.17) is 9.73 Å². The van der Waals surface area contributed by atoms with E-state index in [9.17, 15) is 5.26 Å². The van der Waals surface area contributed by atoms with Gasteiger partial charge in [-0.1, -0.05) is 24.3 Å².